The van der Waals surface area contributed by atoms with Crippen LogP contribution in [-0.2, 0) is 0 Å². The number of hydrogen-bond donors (Lipinski definition) is 3. The second-order valence-corrected chi connectivity index (χ2v) is 6.98. The van der Waals surface area contributed by atoms with Gasteiger partial charge in [-0.15, -0.1) is 0 Å². The van der Waals surface area contributed by atoms with Crippen LogP contribution in [0.15, 0.2) is 47.6 Å². The quantitative estimate of drug-likeness (QED) is 0.565. The number of benzene rings is 2. The number of hydrogen-bond acceptors (Lipinski definition) is 5. The van der Waals surface area contributed by atoms with Crippen LogP contribution in [0.25, 0.3) is 0 Å². The third-order valence-corrected chi connectivity index (χ3v) is 4.09. The lowest BCUT2D eigenvalue weighted by Gasteiger charge is -2.33. The number of ether oxygens (including phenoxy) is 2. The Bertz CT molecular complexity index is 848. The van der Waals surface area contributed by atoms with Gasteiger partial charge >= 0.3 is 0 Å². The lowest BCUT2D eigenvalue weighted by atomic mass is 9.92. The molecule has 7 heteroatoms. The first-order valence-electron chi connectivity index (χ1n) is 8.16. The maximum Gasteiger partial charge on any atom is 0.191 e. The molecule has 26 heavy (non-hydrogen) atoms. The summed E-state index contributed by atoms with van der Waals surface area (Å²) in [6.45, 7) is 3.98. The second kappa shape index (κ2) is 7.21. The molecule has 3 N–H and O–H groups in total. The van der Waals surface area contributed by atoms with E-state index in [1.165, 1.54) is 0 Å². The van der Waals surface area contributed by atoms with E-state index >= 15 is 0 Å². The van der Waals surface area contributed by atoms with E-state index in [-0.39, 0.29) is 5.75 Å². The van der Waals surface area contributed by atoms with E-state index in [1.807, 2.05) is 38.1 Å². The van der Waals surface area contributed by atoms with Crippen molar-refractivity contribution < 1.29 is 14.6 Å². The molecule has 0 spiro atoms. The lowest BCUT2D eigenvalue weighted by Crippen LogP contribution is -2.37. The minimum atomic E-state index is -0.393. The fourth-order valence-corrected chi connectivity index (χ4v) is 2.88. The minimum absolute atomic E-state index is 0.165. The molecular weight excluding hydrogens is 350 g/mol. The summed E-state index contributed by atoms with van der Waals surface area (Å²) >= 11 is 5.31. The highest BCUT2D eigenvalue weighted by molar-refractivity contribution is 7.80. The average molecular weight is 371 g/mol. The van der Waals surface area contributed by atoms with E-state index in [2.05, 4.69) is 15.8 Å². The van der Waals surface area contributed by atoms with Gasteiger partial charge in [0.25, 0.3) is 0 Å². The molecule has 0 unspecified atom stereocenters. The largest absolute Gasteiger partial charge is 0.508 e. The van der Waals surface area contributed by atoms with Gasteiger partial charge in [-0.1, -0.05) is 0 Å². The Labute approximate surface area is 157 Å². The number of hydrazone groups is 1. The number of nitrogens with zero attached hydrogens (tertiary/aromatic N) is 1. The van der Waals surface area contributed by atoms with Crippen molar-refractivity contribution in [3.05, 3.63) is 48.0 Å². The predicted octanol–water partition coefficient (Wildman–Crippen LogP) is 3.65. The second-order valence-electron chi connectivity index (χ2n) is 6.57. The normalized spacial score (nSPS) is 16.3. The third kappa shape index (κ3) is 4.23. The number of nitrogens with one attached hydrogen (secondary N) is 2. The van der Waals surface area contributed by atoms with Gasteiger partial charge in [-0.2, -0.15) is 5.10 Å². The molecule has 0 aliphatic carbocycles. The van der Waals surface area contributed by atoms with E-state index in [4.69, 9.17) is 21.7 Å². The van der Waals surface area contributed by atoms with E-state index < -0.39 is 5.60 Å². The molecule has 3 rings (SSSR count). The molecule has 2 aromatic carbocycles. The van der Waals surface area contributed by atoms with Gasteiger partial charge in [0.15, 0.2) is 5.11 Å². The molecule has 6 nitrogen and oxygen atoms in total. The highest BCUT2D eigenvalue weighted by atomic mass is 32.1. The summed E-state index contributed by atoms with van der Waals surface area (Å²) in [5.41, 5.74) is 4.82. The summed E-state index contributed by atoms with van der Waals surface area (Å²) in [4.78, 5) is 0. The van der Waals surface area contributed by atoms with E-state index in [1.54, 1.807) is 25.3 Å². The molecule has 0 saturated heterocycles. The topological polar surface area (TPSA) is 75.1 Å². The van der Waals surface area contributed by atoms with Gasteiger partial charge in [-0.25, -0.2) is 0 Å². The van der Waals surface area contributed by atoms with Crippen molar-refractivity contribution in [3.8, 4) is 17.2 Å². The monoisotopic (exact) mass is 371 g/mol. The van der Waals surface area contributed by atoms with E-state index in [0.717, 1.165) is 22.7 Å². The molecule has 0 fully saturated rings. The molecular formula is C19H21N3O3S. The first-order chi connectivity index (χ1) is 12.4. The number of rotatable bonds is 3. The molecule has 1 aliphatic heterocycles. The predicted molar refractivity (Wildman–Crippen MR) is 106 cm³/mol. The van der Waals surface area contributed by atoms with Gasteiger partial charge in [0.05, 0.1) is 12.8 Å². The number of methoxy groups -OCH3 is 1. The number of phenolic OH excluding ortho intramolecular Hbond substituents is 1. The molecule has 0 saturated carbocycles. The van der Waals surface area contributed by atoms with Crippen LogP contribution < -0.4 is 20.2 Å². The van der Waals surface area contributed by atoms with Crippen LogP contribution in [0, 0.1) is 0 Å². The average Bonchev–Trinajstić information content (AvgIpc) is 2.60. The van der Waals surface area contributed by atoms with Crippen LogP contribution in [-0.4, -0.2) is 28.6 Å². The molecule has 136 valence electrons. The van der Waals surface area contributed by atoms with Crippen molar-refractivity contribution in [3.63, 3.8) is 0 Å². The van der Waals surface area contributed by atoms with Gasteiger partial charge in [0, 0.05) is 17.7 Å². The zero-order chi connectivity index (χ0) is 18.7. The van der Waals surface area contributed by atoms with Crippen molar-refractivity contribution in [1.29, 1.82) is 0 Å². The van der Waals surface area contributed by atoms with E-state index in [9.17, 15) is 5.11 Å². The van der Waals surface area contributed by atoms with Gasteiger partial charge in [-0.05, 0) is 68.5 Å². The summed E-state index contributed by atoms with van der Waals surface area (Å²) in [6, 6.07) is 12.4. The van der Waals surface area contributed by atoms with Crippen molar-refractivity contribution in [2.75, 3.05) is 12.4 Å². The summed E-state index contributed by atoms with van der Waals surface area (Å²) < 4.78 is 11.1. The Morgan fingerprint density at radius 2 is 1.96 bits per heavy atom. The number of aromatic hydroxyl groups is 1. The van der Waals surface area contributed by atoms with Crippen LogP contribution in [0.1, 0.15) is 25.8 Å². The fraction of sp³-hybridized carbons (Fsp3) is 0.263. The van der Waals surface area contributed by atoms with Crippen molar-refractivity contribution in [2.24, 2.45) is 5.10 Å². The first kappa shape index (κ1) is 18.0. The van der Waals surface area contributed by atoms with E-state index in [0.29, 0.717) is 17.3 Å². The zero-order valence-electron chi connectivity index (χ0n) is 14.9. The Hall–Kier alpha value is -2.80. The van der Waals surface area contributed by atoms with Gasteiger partial charge in [0.1, 0.15) is 22.8 Å². The Morgan fingerprint density at radius 3 is 2.65 bits per heavy atom. The van der Waals surface area contributed by atoms with Crippen molar-refractivity contribution in [1.82, 2.24) is 5.43 Å². The number of phenols is 1. The summed E-state index contributed by atoms with van der Waals surface area (Å²) in [7, 11) is 1.62. The van der Waals surface area contributed by atoms with Crippen LogP contribution >= 0.6 is 12.2 Å². The Morgan fingerprint density at radius 1 is 1.23 bits per heavy atom. The highest BCUT2D eigenvalue weighted by Crippen LogP contribution is 2.35. The van der Waals surface area contributed by atoms with Crippen LogP contribution in [0.3, 0.4) is 0 Å². The zero-order valence-corrected chi connectivity index (χ0v) is 15.7. The van der Waals surface area contributed by atoms with Crippen molar-refractivity contribution >= 4 is 28.7 Å². The number of thiocarbonyl (C=S) groups is 1. The Balaban J connectivity index is 1.74. The number of anilines is 1. The summed E-state index contributed by atoms with van der Waals surface area (Å²) in [5, 5.41) is 17.6. The molecule has 0 amide bonds. The Kier molecular flexibility index (Phi) is 4.99. The molecule has 2 aromatic rings. The fourth-order valence-electron chi connectivity index (χ4n) is 2.72. The minimum Gasteiger partial charge on any atom is -0.508 e. The molecule has 0 radical (unpaired) electrons. The SMILES string of the molecule is COc1ccc(NC(=S)N/N=C2/CC(C)(C)Oc3ccc(O)cc32)cc1. The van der Waals surface area contributed by atoms with Gasteiger partial charge in [0.2, 0.25) is 0 Å². The summed E-state index contributed by atoms with van der Waals surface area (Å²) in [5.74, 6) is 1.63. The maximum atomic E-state index is 9.77. The molecule has 1 heterocycles. The maximum absolute atomic E-state index is 9.77. The lowest BCUT2D eigenvalue weighted by molar-refractivity contribution is 0.111. The smallest absolute Gasteiger partial charge is 0.191 e. The van der Waals surface area contributed by atoms with Crippen LogP contribution in [0.2, 0.25) is 0 Å². The van der Waals surface area contributed by atoms with Crippen LogP contribution in [0.4, 0.5) is 5.69 Å². The molecule has 0 atom stereocenters. The van der Waals surface area contributed by atoms with Gasteiger partial charge < -0.3 is 19.9 Å². The van der Waals surface area contributed by atoms with Gasteiger partial charge in [-0.3, -0.25) is 5.43 Å². The standard InChI is InChI=1S/C19H21N3O3S/c1-19(2)11-16(15-10-13(23)6-9-17(15)25-19)21-22-18(26)20-12-4-7-14(24-3)8-5-12/h4-10,23H,11H2,1-3H3,(H2,20,22,26)/b21-16-. The highest BCUT2D eigenvalue weighted by Gasteiger charge is 2.31. The molecule has 1 aliphatic rings. The first-order valence-corrected chi connectivity index (χ1v) is 8.57. The summed E-state index contributed by atoms with van der Waals surface area (Å²) in [6.07, 6.45) is 0.585. The number of fused-ring (bicyclic) bond motifs is 1. The van der Waals surface area contributed by atoms with Crippen LogP contribution in [0.5, 0.6) is 17.2 Å². The third-order valence-electron chi connectivity index (χ3n) is 3.89. The molecule has 0 bridgehead atoms. The molecule has 0 aromatic heterocycles. The van der Waals surface area contributed by atoms with Crippen molar-refractivity contribution in [2.45, 2.75) is 25.9 Å².